The fourth-order valence-electron chi connectivity index (χ4n) is 2.35. The lowest BCUT2D eigenvalue weighted by Crippen LogP contribution is -2.26. The van der Waals surface area contributed by atoms with Gasteiger partial charge in [0.1, 0.15) is 5.75 Å². The zero-order valence-corrected chi connectivity index (χ0v) is 15.8. The van der Waals surface area contributed by atoms with E-state index >= 15 is 0 Å². The molecule has 0 saturated heterocycles. The number of halogens is 3. The zero-order chi connectivity index (χ0) is 18.7. The van der Waals surface area contributed by atoms with Crippen LogP contribution in [0, 0.1) is 0 Å². The summed E-state index contributed by atoms with van der Waals surface area (Å²) in [7, 11) is 1.55. The first-order valence-electron chi connectivity index (χ1n) is 7.55. The number of rotatable bonds is 5. The molecule has 1 unspecified atom stereocenters. The Kier molecular flexibility index (Phi) is 5.76. The molecular formula is C17H14Cl3N3O3. The van der Waals surface area contributed by atoms with Crippen LogP contribution < -0.4 is 10.1 Å². The Morgan fingerprint density at radius 3 is 2.73 bits per heavy atom. The van der Waals surface area contributed by atoms with Crippen molar-refractivity contribution in [2.24, 2.45) is 5.16 Å². The molecule has 1 atom stereocenters. The van der Waals surface area contributed by atoms with Crippen molar-refractivity contribution in [3.8, 4) is 5.75 Å². The predicted molar refractivity (Wildman–Crippen MR) is 102 cm³/mol. The van der Waals surface area contributed by atoms with Crippen LogP contribution in [-0.4, -0.2) is 23.3 Å². The summed E-state index contributed by atoms with van der Waals surface area (Å²) in [5.74, 6) is 0.541. The largest absolute Gasteiger partial charge is 0.497 e. The molecule has 0 aliphatic carbocycles. The number of hydrogen-bond acceptors (Lipinski definition) is 5. The number of amides is 1. The minimum atomic E-state index is -0.738. The molecule has 1 aliphatic rings. The third kappa shape index (κ3) is 3.98. The average Bonchev–Trinajstić information content (AvgIpc) is 2.97. The Morgan fingerprint density at radius 1 is 1.27 bits per heavy atom. The second-order valence-electron chi connectivity index (χ2n) is 5.37. The van der Waals surface area contributed by atoms with E-state index in [0.29, 0.717) is 27.0 Å². The maximum atomic E-state index is 12.2. The first-order valence-corrected chi connectivity index (χ1v) is 8.64. The molecule has 0 fully saturated rings. The standard InChI is InChI=1S/C17H14Cl3N3O3/c1-25-10-6-7-11(13(19)8-10)17-23(20)15(22-26-17)9-16(24)21-14-5-3-2-4-12(14)18/h2-8,17H,9H2,1H3,(H,21,24). The third-order valence-corrected chi connectivity index (χ3v) is 4.68. The van der Waals surface area contributed by atoms with Gasteiger partial charge in [0.2, 0.25) is 12.1 Å². The molecule has 3 rings (SSSR count). The van der Waals surface area contributed by atoms with Crippen LogP contribution >= 0.6 is 35.0 Å². The summed E-state index contributed by atoms with van der Waals surface area (Å²) in [6.07, 6.45) is -0.822. The fraction of sp³-hybridized carbons (Fsp3) is 0.176. The Morgan fingerprint density at radius 2 is 2.04 bits per heavy atom. The fourth-order valence-corrected chi connectivity index (χ4v) is 3.03. The normalized spacial score (nSPS) is 16.1. The van der Waals surface area contributed by atoms with E-state index in [9.17, 15) is 4.79 Å². The van der Waals surface area contributed by atoms with Gasteiger partial charge in [0.15, 0.2) is 5.84 Å². The maximum absolute atomic E-state index is 12.2. The number of methoxy groups -OCH3 is 1. The molecule has 26 heavy (non-hydrogen) atoms. The number of nitrogens with zero attached hydrogens (tertiary/aromatic N) is 2. The van der Waals surface area contributed by atoms with E-state index in [1.807, 2.05) is 0 Å². The Hall–Kier alpha value is -2.15. The third-order valence-electron chi connectivity index (χ3n) is 3.65. The first kappa shape index (κ1) is 18.6. The number of oxime groups is 1. The number of benzene rings is 2. The van der Waals surface area contributed by atoms with E-state index in [1.165, 1.54) is 4.42 Å². The van der Waals surface area contributed by atoms with E-state index < -0.39 is 6.23 Å². The number of nitrogens with one attached hydrogen (secondary N) is 1. The Labute approximate surface area is 165 Å². The van der Waals surface area contributed by atoms with Crippen molar-refractivity contribution in [1.82, 2.24) is 4.42 Å². The van der Waals surface area contributed by atoms with Crippen molar-refractivity contribution in [3.63, 3.8) is 0 Å². The molecule has 0 aromatic heterocycles. The van der Waals surface area contributed by atoms with E-state index in [1.54, 1.807) is 49.6 Å². The van der Waals surface area contributed by atoms with Crippen molar-refractivity contribution < 1.29 is 14.4 Å². The van der Waals surface area contributed by atoms with Gasteiger partial charge in [-0.1, -0.05) is 40.5 Å². The van der Waals surface area contributed by atoms with Crippen molar-refractivity contribution in [3.05, 3.63) is 58.1 Å². The minimum absolute atomic E-state index is 0.0843. The number of para-hydroxylation sites is 1. The molecule has 0 spiro atoms. The van der Waals surface area contributed by atoms with Gasteiger partial charge in [-0.25, -0.2) is 4.42 Å². The van der Waals surface area contributed by atoms with Gasteiger partial charge in [-0.05, 0) is 30.3 Å². The lowest BCUT2D eigenvalue weighted by molar-refractivity contribution is -0.115. The van der Waals surface area contributed by atoms with E-state index in [-0.39, 0.29) is 18.2 Å². The minimum Gasteiger partial charge on any atom is -0.497 e. The number of ether oxygens (including phenoxy) is 1. The van der Waals surface area contributed by atoms with Gasteiger partial charge in [0.25, 0.3) is 0 Å². The molecule has 0 bridgehead atoms. The van der Waals surface area contributed by atoms with Gasteiger partial charge < -0.3 is 14.9 Å². The highest BCUT2D eigenvalue weighted by molar-refractivity contribution is 6.34. The summed E-state index contributed by atoms with van der Waals surface area (Å²) in [6, 6.07) is 12.0. The number of carbonyl (C=O) groups is 1. The van der Waals surface area contributed by atoms with Gasteiger partial charge in [-0.2, -0.15) is 0 Å². The van der Waals surface area contributed by atoms with Crippen LogP contribution in [0.2, 0.25) is 10.0 Å². The first-order chi connectivity index (χ1) is 12.5. The quantitative estimate of drug-likeness (QED) is 0.712. The summed E-state index contributed by atoms with van der Waals surface area (Å²) < 4.78 is 6.35. The van der Waals surface area contributed by atoms with Crippen LogP contribution in [0.3, 0.4) is 0 Å². The monoisotopic (exact) mass is 413 g/mol. The van der Waals surface area contributed by atoms with Gasteiger partial charge in [0, 0.05) is 17.3 Å². The molecule has 1 N–H and O–H groups in total. The van der Waals surface area contributed by atoms with Gasteiger partial charge in [-0.15, -0.1) is 0 Å². The summed E-state index contributed by atoms with van der Waals surface area (Å²) in [5, 5.41) is 7.45. The van der Waals surface area contributed by atoms with Crippen molar-refractivity contribution in [2.75, 3.05) is 12.4 Å². The molecule has 2 aromatic rings. The molecule has 1 aliphatic heterocycles. The average molecular weight is 415 g/mol. The van der Waals surface area contributed by atoms with E-state index in [0.717, 1.165) is 0 Å². The zero-order valence-electron chi connectivity index (χ0n) is 13.6. The van der Waals surface area contributed by atoms with Crippen LogP contribution in [0.4, 0.5) is 5.69 Å². The summed E-state index contributed by atoms with van der Waals surface area (Å²) >= 11 is 18.6. The number of carbonyl (C=O) groups excluding carboxylic acids is 1. The lowest BCUT2D eigenvalue weighted by Gasteiger charge is -2.19. The second kappa shape index (κ2) is 8.03. The molecule has 2 aromatic carbocycles. The molecule has 1 amide bonds. The molecule has 1 heterocycles. The second-order valence-corrected chi connectivity index (χ2v) is 6.55. The predicted octanol–water partition coefficient (Wildman–Crippen LogP) is 4.83. The molecule has 9 heteroatoms. The van der Waals surface area contributed by atoms with Crippen LogP contribution in [0.1, 0.15) is 18.2 Å². The number of amidine groups is 1. The van der Waals surface area contributed by atoms with Crippen LogP contribution in [-0.2, 0) is 9.63 Å². The van der Waals surface area contributed by atoms with Gasteiger partial charge >= 0.3 is 0 Å². The summed E-state index contributed by atoms with van der Waals surface area (Å²) in [6.45, 7) is 0. The Balaban J connectivity index is 1.66. The summed E-state index contributed by atoms with van der Waals surface area (Å²) in [4.78, 5) is 17.6. The van der Waals surface area contributed by atoms with Crippen molar-refractivity contribution >= 4 is 52.4 Å². The van der Waals surface area contributed by atoms with Crippen LogP contribution in [0.5, 0.6) is 5.75 Å². The molecular weight excluding hydrogens is 401 g/mol. The highest BCUT2D eigenvalue weighted by atomic mass is 35.5. The van der Waals surface area contributed by atoms with Crippen molar-refractivity contribution in [1.29, 1.82) is 0 Å². The number of anilines is 1. The van der Waals surface area contributed by atoms with E-state index in [4.69, 9.17) is 44.6 Å². The topological polar surface area (TPSA) is 63.2 Å². The highest BCUT2D eigenvalue weighted by Gasteiger charge is 2.33. The van der Waals surface area contributed by atoms with E-state index in [2.05, 4.69) is 10.5 Å². The summed E-state index contributed by atoms with van der Waals surface area (Å²) in [5.41, 5.74) is 1.11. The lowest BCUT2D eigenvalue weighted by atomic mass is 10.2. The maximum Gasteiger partial charge on any atom is 0.242 e. The van der Waals surface area contributed by atoms with Gasteiger partial charge in [0.05, 0.1) is 29.3 Å². The van der Waals surface area contributed by atoms with Crippen LogP contribution in [0.25, 0.3) is 0 Å². The van der Waals surface area contributed by atoms with Crippen molar-refractivity contribution in [2.45, 2.75) is 12.6 Å². The number of hydrogen-bond donors (Lipinski definition) is 1. The highest BCUT2D eigenvalue weighted by Crippen LogP contribution is 2.36. The van der Waals surface area contributed by atoms with Crippen LogP contribution in [0.15, 0.2) is 47.6 Å². The Bertz CT molecular complexity index is 860. The molecule has 136 valence electrons. The SMILES string of the molecule is COc1ccc(C2ON=C(CC(=O)Nc3ccccc3Cl)N2Cl)c(Cl)c1. The molecule has 6 nitrogen and oxygen atoms in total. The molecule has 0 saturated carbocycles. The smallest absolute Gasteiger partial charge is 0.242 e. The molecule has 0 radical (unpaired) electrons. The van der Waals surface area contributed by atoms with Gasteiger partial charge in [-0.3, -0.25) is 4.79 Å².